The Hall–Kier alpha value is -1.19. The van der Waals surface area contributed by atoms with Crippen molar-refractivity contribution >= 4 is 34.1 Å². The number of fused-ring (bicyclic) bond motifs is 1. The predicted molar refractivity (Wildman–Crippen MR) is 83.4 cm³/mol. The maximum atomic E-state index is 6.37. The molecule has 5 heteroatoms. The van der Waals surface area contributed by atoms with E-state index in [4.69, 9.17) is 32.7 Å². The number of hydrogen-bond acceptors (Lipinski definition) is 3. The fourth-order valence-corrected chi connectivity index (χ4v) is 2.83. The zero-order valence-corrected chi connectivity index (χ0v) is 13.5. The van der Waals surface area contributed by atoms with E-state index in [0.29, 0.717) is 38.4 Å². The minimum atomic E-state index is 0.455. The Kier molecular flexibility index (Phi) is 4.61. The number of nitrogens with zero attached hydrogens (tertiary/aromatic N) is 1. The Morgan fingerprint density at radius 2 is 1.75 bits per heavy atom. The number of benzene rings is 1. The van der Waals surface area contributed by atoms with Gasteiger partial charge in [-0.1, -0.05) is 37.0 Å². The zero-order valence-electron chi connectivity index (χ0n) is 12.0. The number of rotatable bonds is 4. The van der Waals surface area contributed by atoms with Crippen molar-refractivity contribution in [3.05, 3.63) is 27.9 Å². The molecule has 2 aromatic rings. The van der Waals surface area contributed by atoms with Gasteiger partial charge in [0, 0.05) is 17.1 Å². The van der Waals surface area contributed by atoms with Crippen LogP contribution in [0.2, 0.25) is 10.0 Å². The van der Waals surface area contributed by atoms with Crippen LogP contribution in [0.1, 0.15) is 19.5 Å². The van der Waals surface area contributed by atoms with E-state index in [9.17, 15) is 0 Å². The van der Waals surface area contributed by atoms with Crippen molar-refractivity contribution in [1.82, 2.24) is 4.98 Å². The number of pyridine rings is 1. The molecule has 0 aliphatic rings. The number of ether oxygens (including phenoxy) is 2. The summed E-state index contributed by atoms with van der Waals surface area (Å²) in [4.78, 5) is 4.63. The monoisotopic (exact) mass is 313 g/mol. The maximum Gasteiger partial charge on any atom is 0.148 e. The maximum absolute atomic E-state index is 6.37. The quantitative estimate of drug-likeness (QED) is 0.815. The van der Waals surface area contributed by atoms with Gasteiger partial charge < -0.3 is 9.47 Å². The van der Waals surface area contributed by atoms with Gasteiger partial charge in [0.05, 0.1) is 24.3 Å². The lowest BCUT2D eigenvalue weighted by molar-refractivity contribution is 0.397. The molecular formula is C15H17Cl2NO2. The summed E-state index contributed by atoms with van der Waals surface area (Å²) in [5.41, 5.74) is 1.60. The van der Waals surface area contributed by atoms with Crippen LogP contribution >= 0.6 is 23.2 Å². The molecule has 1 aromatic heterocycles. The molecule has 0 saturated heterocycles. The van der Waals surface area contributed by atoms with Crippen molar-refractivity contribution in [1.29, 1.82) is 0 Å². The van der Waals surface area contributed by atoms with Gasteiger partial charge in [-0.3, -0.25) is 0 Å². The predicted octanol–water partition coefficient (Wildman–Crippen LogP) is 4.76. The third kappa shape index (κ3) is 2.79. The lowest BCUT2D eigenvalue weighted by atomic mass is 10.1. The van der Waals surface area contributed by atoms with Gasteiger partial charge in [0.15, 0.2) is 0 Å². The molecule has 1 aromatic carbocycles. The van der Waals surface area contributed by atoms with E-state index in [1.807, 2.05) is 6.07 Å². The average molecular weight is 314 g/mol. The molecule has 0 saturated carbocycles. The van der Waals surface area contributed by atoms with Crippen molar-refractivity contribution in [2.24, 2.45) is 5.92 Å². The molecular weight excluding hydrogens is 297 g/mol. The molecule has 0 bridgehead atoms. The summed E-state index contributed by atoms with van der Waals surface area (Å²) < 4.78 is 10.6. The molecule has 3 nitrogen and oxygen atoms in total. The van der Waals surface area contributed by atoms with E-state index in [-0.39, 0.29) is 0 Å². The van der Waals surface area contributed by atoms with Crippen LogP contribution in [0, 0.1) is 5.92 Å². The number of methoxy groups -OCH3 is 2. The first kappa shape index (κ1) is 15.2. The standard InChI is InChI=1S/C15H17Cl2NO2/c1-8(2)5-9-6-10(16)13-14(17)11(19-3)7-12(20-4)15(13)18-9/h6-8H,5H2,1-4H3. The molecule has 0 aliphatic heterocycles. The van der Waals surface area contributed by atoms with Crippen molar-refractivity contribution in [3.63, 3.8) is 0 Å². The fraction of sp³-hybridized carbons (Fsp3) is 0.400. The Bertz CT molecular complexity index is 642. The van der Waals surface area contributed by atoms with Crippen molar-refractivity contribution < 1.29 is 9.47 Å². The summed E-state index contributed by atoms with van der Waals surface area (Å²) in [5.74, 6) is 1.63. The minimum absolute atomic E-state index is 0.455. The Morgan fingerprint density at radius 3 is 2.30 bits per heavy atom. The minimum Gasteiger partial charge on any atom is -0.495 e. The fourth-order valence-electron chi connectivity index (χ4n) is 2.15. The number of halogens is 2. The second-order valence-electron chi connectivity index (χ2n) is 5.01. The number of aromatic nitrogens is 1. The second-order valence-corrected chi connectivity index (χ2v) is 5.80. The molecule has 108 valence electrons. The normalized spacial score (nSPS) is 11.2. The van der Waals surface area contributed by atoms with Gasteiger partial charge in [0.25, 0.3) is 0 Å². The first-order valence-corrected chi connectivity index (χ1v) is 7.13. The van der Waals surface area contributed by atoms with E-state index >= 15 is 0 Å². The van der Waals surface area contributed by atoms with E-state index in [2.05, 4.69) is 18.8 Å². The van der Waals surface area contributed by atoms with Crippen LogP contribution in [0.15, 0.2) is 12.1 Å². The lowest BCUT2D eigenvalue weighted by Gasteiger charge is -2.14. The van der Waals surface area contributed by atoms with Crippen molar-refractivity contribution in [2.45, 2.75) is 20.3 Å². The van der Waals surface area contributed by atoms with Crippen LogP contribution in [-0.2, 0) is 6.42 Å². The van der Waals surface area contributed by atoms with Crippen molar-refractivity contribution in [2.75, 3.05) is 14.2 Å². The van der Waals surface area contributed by atoms with E-state index in [1.165, 1.54) is 0 Å². The van der Waals surface area contributed by atoms with Crippen LogP contribution in [0.4, 0.5) is 0 Å². The summed E-state index contributed by atoms with van der Waals surface area (Å²) in [5, 5.41) is 1.68. The van der Waals surface area contributed by atoms with Gasteiger partial charge in [-0.25, -0.2) is 4.98 Å². The summed E-state index contributed by atoms with van der Waals surface area (Å²) in [6.45, 7) is 4.27. The van der Waals surface area contributed by atoms with Gasteiger partial charge in [-0.05, 0) is 18.4 Å². The van der Waals surface area contributed by atoms with Crippen LogP contribution in [-0.4, -0.2) is 19.2 Å². The molecule has 0 fully saturated rings. The molecule has 2 rings (SSSR count). The van der Waals surface area contributed by atoms with Crippen LogP contribution in [0.5, 0.6) is 11.5 Å². The smallest absolute Gasteiger partial charge is 0.148 e. The summed E-state index contributed by atoms with van der Waals surface area (Å²) in [7, 11) is 3.15. The summed E-state index contributed by atoms with van der Waals surface area (Å²) in [6.07, 6.45) is 0.850. The molecule has 0 unspecified atom stereocenters. The highest BCUT2D eigenvalue weighted by Crippen LogP contribution is 2.41. The van der Waals surface area contributed by atoms with Gasteiger partial charge in [-0.2, -0.15) is 0 Å². The molecule has 0 spiro atoms. The van der Waals surface area contributed by atoms with Crippen LogP contribution in [0.25, 0.3) is 10.9 Å². The van der Waals surface area contributed by atoms with Crippen LogP contribution in [0.3, 0.4) is 0 Å². The van der Waals surface area contributed by atoms with Gasteiger partial charge in [0.2, 0.25) is 0 Å². The van der Waals surface area contributed by atoms with E-state index < -0.39 is 0 Å². The van der Waals surface area contributed by atoms with Gasteiger partial charge in [0.1, 0.15) is 17.0 Å². The Morgan fingerprint density at radius 1 is 1.10 bits per heavy atom. The first-order valence-electron chi connectivity index (χ1n) is 6.37. The highest BCUT2D eigenvalue weighted by molar-refractivity contribution is 6.43. The second kappa shape index (κ2) is 6.06. The molecule has 20 heavy (non-hydrogen) atoms. The largest absolute Gasteiger partial charge is 0.495 e. The SMILES string of the molecule is COc1cc(OC)c2nc(CC(C)C)cc(Cl)c2c1Cl. The summed E-state index contributed by atoms with van der Waals surface area (Å²) in [6, 6.07) is 3.59. The third-order valence-electron chi connectivity index (χ3n) is 3.01. The van der Waals surface area contributed by atoms with E-state index in [1.54, 1.807) is 20.3 Å². The molecule has 0 atom stereocenters. The van der Waals surface area contributed by atoms with Gasteiger partial charge in [-0.15, -0.1) is 0 Å². The first-order chi connectivity index (χ1) is 9.47. The topological polar surface area (TPSA) is 31.4 Å². The molecule has 0 aliphatic carbocycles. The van der Waals surface area contributed by atoms with E-state index in [0.717, 1.165) is 12.1 Å². The lowest BCUT2D eigenvalue weighted by Crippen LogP contribution is -2.00. The Labute approximate surface area is 128 Å². The van der Waals surface area contributed by atoms with Crippen LogP contribution < -0.4 is 9.47 Å². The summed E-state index contributed by atoms with van der Waals surface area (Å²) >= 11 is 12.7. The Balaban J connectivity index is 2.75. The zero-order chi connectivity index (χ0) is 14.9. The third-order valence-corrected chi connectivity index (χ3v) is 3.69. The molecule has 0 amide bonds. The molecule has 0 radical (unpaired) electrons. The number of hydrogen-bond donors (Lipinski definition) is 0. The highest BCUT2D eigenvalue weighted by Gasteiger charge is 2.17. The highest BCUT2D eigenvalue weighted by atomic mass is 35.5. The van der Waals surface area contributed by atoms with Crippen molar-refractivity contribution in [3.8, 4) is 11.5 Å². The van der Waals surface area contributed by atoms with Gasteiger partial charge >= 0.3 is 0 Å². The molecule has 1 heterocycles. The molecule has 0 N–H and O–H groups in total. The average Bonchev–Trinajstić information content (AvgIpc) is 2.38.